The Bertz CT molecular complexity index is 1280. The fraction of sp³-hybridized carbons (Fsp3) is 0.0435. The first-order valence-electron chi connectivity index (χ1n) is 9.17. The Morgan fingerprint density at radius 1 is 0.690 bits per heavy atom. The number of benzene rings is 3. The largest absolute Gasteiger partial charge is 0.438 e. The van der Waals surface area contributed by atoms with Crippen molar-refractivity contribution in [2.45, 2.75) is 6.92 Å². The molecule has 0 aliphatic heterocycles. The maximum absolute atomic E-state index is 6.13. The van der Waals surface area contributed by atoms with Crippen molar-refractivity contribution in [1.29, 1.82) is 0 Å². The summed E-state index contributed by atoms with van der Waals surface area (Å²) in [5, 5.41) is 4.79. The van der Waals surface area contributed by atoms with Gasteiger partial charge in [-0.05, 0) is 36.4 Å². The molecular weight excluding hydrogens is 364 g/mol. The topological polar surface area (TPSA) is 73.9 Å². The second-order valence-corrected chi connectivity index (χ2v) is 6.50. The van der Waals surface area contributed by atoms with E-state index < -0.39 is 0 Å². The minimum absolute atomic E-state index is 0.512. The lowest BCUT2D eigenvalue weighted by molar-refractivity contribution is 0.394. The highest BCUT2D eigenvalue weighted by Crippen LogP contribution is 2.30. The molecule has 5 aromatic rings. The SMILES string of the molecule is Cc1nc(-c2ccc(Oc3nc(-c4ccccc4)nc4ccccc34)cc2)no1. The van der Waals surface area contributed by atoms with E-state index in [0.717, 1.165) is 22.0 Å². The van der Waals surface area contributed by atoms with Crippen molar-refractivity contribution in [1.82, 2.24) is 20.1 Å². The molecule has 2 heterocycles. The van der Waals surface area contributed by atoms with Gasteiger partial charge in [-0.25, -0.2) is 4.98 Å². The van der Waals surface area contributed by atoms with Gasteiger partial charge < -0.3 is 9.26 Å². The maximum Gasteiger partial charge on any atom is 0.230 e. The summed E-state index contributed by atoms with van der Waals surface area (Å²) in [5.41, 5.74) is 2.62. The van der Waals surface area contributed by atoms with Gasteiger partial charge in [-0.3, -0.25) is 0 Å². The third-order valence-electron chi connectivity index (χ3n) is 4.45. The number of para-hydroxylation sites is 1. The molecule has 3 aromatic carbocycles. The third kappa shape index (κ3) is 3.43. The molecule has 5 rings (SSSR count). The summed E-state index contributed by atoms with van der Waals surface area (Å²) in [7, 11) is 0. The average molecular weight is 380 g/mol. The molecule has 2 aromatic heterocycles. The molecule has 0 spiro atoms. The molecule has 0 unspecified atom stereocenters. The second kappa shape index (κ2) is 7.16. The predicted molar refractivity (Wildman–Crippen MR) is 110 cm³/mol. The van der Waals surface area contributed by atoms with E-state index in [1.807, 2.05) is 78.9 Å². The highest BCUT2D eigenvalue weighted by atomic mass is 16.5. The van der Waals surface area contributed by atoms with Gasteiger partial charge in [-0.2, -0.15) is 9.97 Å². The highest BCUT2D eigenvalue weighted by Gasteiger charge is 2.12. The molecule has 0 aliphatic rings. The zero-order valence-corrected chi connectivity index (χ0v) is 15.6. The Labute approximate surface area is 166 Å². The van der Waals surface area contributed by atoms with Crippen molar-refractivity contribution in [3.05, 3.63) is 84.8 Å². The van der Waals surface area contributed by atoms with Gasteiger partial charge in [-0.15, -0.1) is 0 Å². The fourth-order valence-electron chi connectivity index (χ4n) is 3.04. The van der Waals surface area contributed by atoms with Crippen LogP contribution in [0.1, 0.15) is 5.89 Å². The first-order chi connectivity index (χ1) is 14.3. The number of ether oxygens (including phenoxy) is 1. The maximum atomic E-state index is 6.13. The first-order valence-corrected chi connectivity index (χ1v) is 9.17. The molecule has 0 saturated carbocycles. The monoisotopic (exact) mass is 380 g/mol. The number of aromatic nitrogens is 4. The van der Waals surface area contributed by atoms with E-state index in [1.54, 1.807) is 6.92 Å². The lowest BCUT2D eigenvalue weighted by Crippen LogP contribution is -1.96. The summed E-state index contributed by atoms with van der Waals surface area (Å²) in [6.07, 6.45) is 0. The number of fused-ring (bicyclic) bond motifs is 1. The van der Waals surface area contributed by atoms with E-state index in [-0.39, 0.29) is 0 Å². The summed E-state index contributed by atoms with van der Waals surface area (Å²) in [6, 6.07) is 25.2. The van der Waals surface area contributed by atoms with Crippen LogP contribution in [0.15, 0.2) is 83.4 Å². The molecule has 0 saturated heterocycles. The quantitative estimate of drug-likeness (QED) is 0.413. The summed E-state index contributed by atoms with van der Waals surface area (Å²) < 4.78 is 11.2. The van der Waals surface area contributed by atoms with E-state index in [1.165, 1.54) is 0 Å². The van der Waals surface area contributed by atoms with Gasteiger partial charge in [0.1, 0.15) is 5.75 Å². The van der Waals surface area contributed by atoms with Crippen LogP contribution in [-0.2, 0) is 0 Å². The van der Waals surface area contributed by atoms with Crippen molar-refractivity contribution in [2.24, 2.45) is 0 Å². The van der Waals surface area contributed by atoms with E-state index in [4.69, 9.17) is 9.26 Å². The van der Waals surface area contributed by atoms with Crippen molar-refractivity contribution < 1.29 is 9.26 Å². The van der Waals surface area contributed by atoms with Crippen molar-refractivity contribution in [3.8, 4) is 34.4 Å². The minimum atomic E-state index is 0.512. The molecule has 0 radical (unpaired) electrons. The molecule has 0 aliphatic carbocycles. The number of nitrogens with zero attached hydrogens (tertiary/aromatic N) is 4. The number of aryl methyl sites for hydroxylation is 1. The van der Waals surface area contributed by atoms with Gasteiger partial charge in [-0.1, -0.05) is 47.6 Å². The molecule has 0 amide bonds. The lowest BCUT2D eigenvalue weighted by atomic mass is 10.2. The Morgan fingerprint density at radius 3 is 2.17 bits per heavy atom. The molecule has 6 heteroatoms. The van der Waals surface area contributed by atoms with Crippen LogP contribution in [0.3, 0.4) is 0 Å². The van der Waals surface area contributed by atoms with Crippen LogP contribution < -0.4 is 4.74 Å². The zero-order chi connectivity index (χ0) is 19.6. The molecular formula is C23H16N4O2. The number of rotatable bonds is 4. The zero-order valence-electron chi connectivity index (χ0n) is 15.6. The van der Waals surface area contributed by atoms with Crippen molar-refractivity contribution in [3.63, 3.8) is 0 Å². The average Bonchev–Trinajstić information content (AvgIpc) is 3.21. The summed E-state index contributed by atoms with van der Waals surface area (Å²) in [4.78, 5) is 13.6. The fourth-order valence-corrected chi connectivity index (χ4v) is 3.04. The van der Waals surface area contributed by atoms with Gasteiger partial charge in [0.15, 0.2) is 5.82 Å². The standard InChI is InChI=1S/C23H16N4O2/c1-15-24-22(27-29-15)17-11-13-18(14-12-17)28-23-19-9-5-6-10-20(19)25-21(26-23)16-7-3-2-4-8-16/h2-14H,1H3. The van der Waals surface area contributed by atoms with Gasteiger partial charge >= 0.3 is 0 Å². The second-order valence-electron chi connectivity index (χ2n) is 6.50. The van der Waals surface area contributed by atoms with Crippen LogP contribution in [-0.4, -0.2) is 20.1 Å². The van der Waals surface area contributed by atoms with Gasteiger partial charge in [0.25, 0.3) is 0 Å². The first kappa shape index (κ1) is 17.1. The summed E-state index contributed by atoms with van der Waals surface area (Å²) >= 11 is 0. The molecule has 29 heavy (non-hydrogen) atoms. The van der Waals surface area contributed by atoms with Crippen LogP contribution in [0.4, 0.5) is 0 Å². The van der Waals surface area contributed by atoms with E-state index >= 15 is 0 Å². The van der Waals surface area contributed by atoms with Crippen molar-refractivity contribution >= 4 is 10.9 Å². The summed E-state index contributed by atoms with van der Waals surface area (Å²) in [5.74, 6) is 2.88. The number of hydrogen-bond donors (Lipinski definition) is 0. The molecule has 0 N–H and O–H groups in total. The minimum Gasteiger partial charge on any atom is -0.438 e. The highest BCUT2D eigenvalue weighted by molar-refractivity contribution is 5.85. The Morgan fingerprint density at radius 2 is 1.41 bits per heavy atom. The molecule has 0 bridgehead atoms. The van der Waals surface area contributed by atoms with Crippen molar-refractivity contribution in [2.75, 3.05) is 0 Å². The van der Waals surface area contributed by atoms with Gasteiger partial charge in [0.2, 0.25) is 17.6 Å². The van der Waals surface area contributed by atoms with Gasteiger partial charge in [0.05, 0.1) is 10.9 Å². The normalized spacial score (nSPS) is 10.9. The molecule has 0 fully saturated rings. The van der Waals surface area contributed by atoms with Crippen LogP contribution in [0.5, 0.6) is 11.6 Å². The number of hydrogen-bond acceptors (Lipinski definition) is 6. The van der Waals surface area contributed by atoms with Crippen LogP contribution in [0, 0.1) is 6.92 Å². The summed E-state index contributed by atoms with van der Waals surface area (Å²) in [6.45, 7) is 1.76. The predicted octanol–water partition coefficient (Wildman–Crippen LogP) is 5.45. The third-order valence-corrected chi connectivity index (χ3v) is 4.45. The Hall–Kier alpha value is -4.06. The van der Waals surface area contributed by atoms with Crippen LogP contribution in [0.25, 0.3) is 33.7 Å². The van der Waals surface area contributed by atoms with E-state index in [2.05, 4.69) is 20.1 Å². The van der Waals surface area contributed by atoms with Crippen LogP contribution >= 0.6 is 0 Å². The molecule has 0 atom stereocenters. The smallest absolute Gasteiger partial charge is 0.230 e. The lowest BCUT2D eigenvalue weighted by Gasteiger charge is -2.10. The van der Waals surface area contributed by atoms with E-state index in [9.17, 15) is 0 Å². The Kier molecular flexibility index (Phi) is 4.22. The van der Waals surface area contributed by atoms with E-state index in [0.29, 0.717) is 29.2 Å². The van der Waals surface area contributed by atoms with Crippen LogP contribution in [0.2, 0.25) is 0 Å². The molecule has 6 nitrogen and oxygen atoms in total. The van der Waals surface area contributed by atoms with Gasteiger partial charge in [0, 0.05) is 18.1 Å². The molecule has 140 valence electrons. The Balaban J connectivity index is 1.52.